The Balaban J connectivity index is 2.24. The first-order valence-electron chi connectivity index (χ1n) is 3.91. The Morgan fingerprint density at radius 2 is 2.29 bits per heavy atom. The van der Waals surface area contributed by atoms with E-state index in [1.54, 1.807) is 0 Å². The SMILES string of the molecule is FC(F)COCCn1nnnc1CCl. The maximum absolute atomic E-state index is 11.7. The molecule has 0 unspecified atom stereocenters. The number of rotatable bonds is 6. The first-order valence-corrected chi connectivity index (χ1v) is 4.44. The van der Waals surface area contributed by atoms with Gasteiger partial charge in [-0.3, -0.25) is 0 Å². The second kappa shape index (κ2) is 5.82. The van der Waals surface area contributed by atoms with Gasteiger partial charge in [0.15, 0.2) is 5.82 Å². The van der Waals surface area contributed by atoms with Gasteiger partial charge >= 0.3 is 0 Å². The zero-order valence-electron chi connectivity index (χ0n) is 7.24. The Hall–Kier alpha value is -0.820. The summed E-state index contributed by atoms with van der Waals surface area (Å²) in [4.78, 5) is 0. The van der Waals surface area contributed by atoms with Gasteiger partial charge in [0.1, 0.15) is 6.61 Å². The monoisotopic (exact) mass is 226 g/mol. The van der Waals surface area contributed by atoms with Crippen LogP contribution in [0.15, 0.2) is 0 Å². The number of hydrogen-bond donors (Lipinski definition) is 0. The third-order valence-electron chi connectivity index (χ3n) is 1.42. The average Bonchev–Trinajstić information content (AvgIpc) is 2.59. The van der Waals surface area contributed by atoms with Crippen molar-refractivity contribution in [1.29, 1.82) is 0 Å². The number of aromatic nitrogens is 4. The summed E-state index contributed by atoms with van der Waals surface area (Å²) >= 11 is 5.51. The van der Waals surface area contributed by atoms with Crippen LogP contribution in [0, 0.1) is 0 Å². The Labute approximate surface area is 84.0 Å². The molecule has 1 aromatic rings. The summed E-state index contributed by atoms with van der Waals surface area (Å²) in [6.45, 7) is -0.112. The van der Waals surface area contributed by atoms with Crippen molar-refractivity contribution < 1.29 is 13.5 Å². The third kappa shape index (κ3) is 3.51. The fourth-order valence-corrected chi connectivity index (χ4v) is 1.01. The van der Waals surface area contributed by atoms with Crippen LogP contribution < -0.4 is 0 Å². The second-order valence-electron chi connectivity index (χ2n) is 2.42. The van der Waals surface area contributed by atoms with Crippen LogP contribution in [0.5, 0.6) is 0 Å². The van der Waals surface area contributed by atoms with E-state index < -0.39 is 13.0 Å². The molecule has 0 amide bonds. The van der Waals surface area contributed by atoms with Gasteiger partial charge in [-0.1, -0.05) is 0 Å². The molecule has 1 aromatic heterocycles. The smallest absolute Gasteiger partial charge is 0.261 e. The molecule has 5 nitrogen and oxygen atoms in total. The molecule has 0 fully saturated rings. The van der Waals surface area contributed by atoms with Gasteiger partial charge in [0.05, 0.1) is 19.0 Å². The minimum Gasteiger partial charge on any atom is -0.374 e. The molecule has 80 valence electrons. The largest absolute Gasteiger partial charge is 0.374 e. The molecule has 0 aromatic carbocycles. The van der Waals surface area contributed by atoms with E-state index in [4.69, 9.17) is 11.6 Å². The van der Waals surface area contributed by atoms with E-state index in [0.29, 0.717) is 12.4 Å². The molecular formula is C6H9ClF2N4O. The lowest BCUT2D eigenvalue weighted by Crippen LogP contribution is -2.13. The number of alkyl halides is 3. The lowest BCUT2D eigenvalue weighted by molar-refractivity contribution is 0.0137. The molecule has 14 heavy (non-hydrogen) atoms. The van der Waals surface area contributed by atoms with E-state index >= 15 is 0 Å². The molecule has 0 N–H and O–H groups in total. The highest BCUT2D eigenvalue weighted by Crippen LogP contribution is 1.97. The predicted octanol–water partition coefficient (Wildman–Crippen LogP) is 0.694. The van der Waals surface area contributed by atoms with E-state index in [0.717, 1.165) is 0 Å². The fraction of sp³-hybridized carbons (Fsp3) is 0.833. The molecule has 0 aliphatic rings. The minimum absolute atomic E-state index is 0.138. The number of halogens is 3. The maximum Gasteiger partial charge on any atom is 0.261 e. The predicted molar refractivity (Wildman–Crippen MR) is 44.2 cm³/mol. The zero-order valence-corrected chi connectivity index (χ0v) is 7.99. The Kier molecular flexibility index (Phi) is 4.68. The molecule has 0 bridgehead atoms. The molecule has 0 spiro atoms. The van der Waals surface area contributed by atoms with Gasteiger partial charge in [0.25, 0.3) is 6.43 Å². The maximum atomic E-state index is 11.7. The molecule has 0 saturated carbocycles. The van der Waals surface area contributed by atoms with E-state index in [1.165, 1.54) is 4.68 Å². The van der Waals surface area contributed by atoms with Crippen molar-refractivity contribution in [2.75, 3.05) is 13.2 Å². The Bertz CT molecular complexity index is 270. The van der Waals surface area contributed by atoms with E-state index in [2.05, 4.69) is 20.3 Å². The van der Waals surface area contributed by atoms with Crippen molar-refractivity contribution in [1.82, 2.24) is 20.2 Å². The number of ether oxygens (including phenoxy) is 1. The summed E-state index contributed by atoms with van der Waals surface area (Å²) in [5, 5.41) is 10.6. The number of nitrogens with zero attached hydrogens (tertiary/aromatic N) is 4. The van der Waals surface area contributed by atoms with E-state index in [-0.39, 0.29) is 12.5 Å². The van der Waals surface area contributed by atoms with Crippen LogP contribution in [0.1, 0.15) is 5.82 Å². The fourth-order valence-electron chi connectivity index (χ4n) is 0.816. The first-order chi connectivity index (χ1) is 6.74. The topological polar surface area (TPSA) is 52.8 Å². The van der Waals surface area contributed by atoms with Gasteiger partial charge in [-0.15, -0.1) is 16.7 Å². The molecular weight excluding hydrogens is 218 g/mol. The molecule has 1 rings (SSSR count). The molecule has 1 heterocycles. The second-order valence-corrected chi connectivity index (χ2v) is 2.69. The Morgan fingerprint density at radius 1 is 1.50 bits per heavy atom. The average molecular weight is 227 g/mol. The molecule has 0 aliphatic carbocycles. The molecule has 0 saturated heterocycles. The summed E-state index contributed by atoms with van der Waals surface area (Å²) in [6.07, 6.45) is -2.45. The van der Waals surface area contributed by atoms with Crippen molar-refractivity contribution in [3.05, 3.63) is 5.82 Å². The normalized spacial score (nSPS) is 11.1. The van der Waals surface area contributed by atoms with Crippen LogP contribution in [0.2, 0.25) is 0 Å². The van der Waals surface area contributed by atoms with Crippen molar-refractivity contribution in [2.24, 2.45) is 0 Å². The zero-order chi connectivity index (χ0) is 10.4. The molecule has 0 atom stereocenters. The lowest BCUT2D eigenvalue weighted by atomic mass is 10.6. The Morgan fingerprint density at radius 3 is 2.93 bits per heavy atom. The van der Waals surface area contributed by atoms with Crippen LogP contribution in [0.25, 0.3) is 0 Å². The van der Waals surface area contributed by atoms with Crippen LogP contribution in [0.3, 0.4) is 0 Å². The van der Waals surface area contributed by atoms with E-state index in [9.17, 15) is 8.78 Å². The van der Waals surface area contributed by atoms with Crippen LogP contribution in [0.4, 0.5) is 8.78 Å². The van der Waals surface area contributed by atoms with Crippen LogP contribution in [-0.2, 0) is 17.2 Å². The van der Waals surface area contributed by atoms with Gasteiger partial charge in [0, 0.05) is 0 Å². The van der Waals surface area contributed by atoms with E-state index in [1.807, 2.05) is 0 Å². The van der Waals surface area contributed by atoms with Gasteiger partial charge in [-0.05, 0) is 10.4 Å². The lowest BCUT2D eigenvalue weighted by Gasteiger charge is -2.03. The highest BCUT2D eigenvalue weighted by molar-refractivity contribution is 6.16. The van der Waals surface area contributed by atoms with Crippen molar-refractivity contribution in [3.63, 3.8) is 0 Å². The summed E-state index contributed by atoms with van der Waals surface area (Å²) in [6, 6.07) is 0. The van der Waals surface area contributed by atoms with Crippen LogP contribution >= 0.6 is 11.6 Å². The highest BCUT2D eigenvalue weighted by atomic mass is 35.5. The molecule has 0 aliphatic heterocycles. The highest BCUT2D eigenvalue weighted by Gasteiger charge is 2.05. The summed E-state index contributed by atoms with van der Waals surface area (Å²) < 4.78 is 29.4. The van der Waals surface area contributed by atoms with Crippen molar-refractivity contribution >= 4 is 11.6 Å². The standard InChI is InChI=1S/C6H9ClF2N4O/c7-3-6-10-11-12-13(6)1-2-14-4-5(8)9/h5H,1-4H2. The molecule has 8 heteroatoms. The van der Waals surface area contributed by atoms with Crippen LogP contribution in [-0.4, -0.2) is 39.8 Å². The number of tetrazole rings is 1. The van der Waals surface area contributed by atoms with Gasteiger partial charge < -0.3 is 4.74 Å². The minimum atomic E-state index is -2.45. The molecule has 0 radical (unpaired) electrons. The third-order valence-corrected chi connectivity index (χ3v) is 1.66. The number of hydrogen-bond acceptors (Lipinski definition) is 4. The van der Waals surface area contributed by atoms with Gasteiger partial charge in [-0.2, -0.15) is 0 Å². The van der Waals surface area contributed by atoms with Crippen molar-refractivity contribution in [2.45, 2.75) is 18.9 Å². The first kappa shape index (κ1) is 11.3. The summed E-state index contributed by atoms with van der Waals surface area (Å²) in [7, 11) is 0. The van der Waals surface area contributed by atoms with Gasteiger partial charge in [-0.25, -0.2) is 13.5 Å². The quantitative estimate of drug-likeness (QED) is 0.529. The summed E-state index contributed by atoms with van der Waals surface area (Å²) in [5.41, 5.74) is 0. The summed E-state index contributed by atoms with van der Waals surface area (Å²) in [5.74, 6) is 0.675. The van der Waals surface area contributed by atoms with Gasteiger partial charge in [0.2, 0.25) is 0 Å². The van der Waals surface area contributed by atoms with Crippen molar-refractivity contribution in [3.8, 4) is 0 Å².